The second kappa shape index (κ2) is 11.5. The van der Waals surface area contributed by atoms with Gasteiger partial charge in [0.05, 0.1) is 52.4 Å². The normalized spacial score (nSPS) is 23.7. The Bertz CT molecular complexity index is 1700. The fourth-order valence-electron chi connectivity index (χ4n) is 8.12. The van der Waals surface area contributed by atoms with Crippen molar-refractivity contribution in [2.24, 2.45) is 0 Å². The number of carbonyl (C=O) groups excluding carboxylic acids is 1. The number of methoxy groups -OCH3 is 3. The summed E-state index contributed by atoms with van der Waals surface area (Å²) in [5, 5.41) is 47.4. The second-order valence-corrected chi connectivity index (χ2v) is 11.8. The maximum absolute atomic E-state index is 13.1. The molecule has 2 bridgehead atoms. The molecule has 4 heterocycles. The number of phenolic OH excluding ortho intramolecular Hbond substituents is 1. The lowest BCUT2D eigenvalue weighted by Crippen LogP contribution is -2.68. The largest absolute Gasteiger partial charge is 0.507 e. The summed E-state index contributed by atoms with van der Waals surface area (Å²) in [7, 11) is 6.59. The lowest BCUT2D eigenvalue weighted by atomic mass is 9.71. The van der Waals surface area contributed by atoms with Crippen molar-refractivity contribution < 1.29 is 38.7 Å². The first kappa shape index (κ1) is 30.6. The number of aliphatic hydroxyl groups excluding tert-OH is 1. The second-order valence-electron chi connectivity index (χ2n) is 11.8. The van der Waals surface area contributed by atoms with Crippen LogP contribution in [0.5, 0.6) is 28.7 Å². The molecule has 0 spiro atoms. The van der Waals surface area contributed by atoms with Gasteiger partial charge in [0.15, 0.2) is 17.3 Å². The number of aliphatic hydroxyl groups is 1. The third-order valence-electron chi connectivity index (χ3n) is 10.00. The molecule has 238 valence electrons. The number of nitriles is 1. The average Bonchev–Trinajstić information content (AvgIpc) is 3.56. The van der Waals surface area contributed by atoms with Crippen LogP contribution in [0.3, 0.4) is 0 Å². The highest BCUT2D eigenvalue weighted by molar-refractivity contribution is 5.91. The van der Waals surface area contributed by atoms with Crippen LogP contribution in [0.2, 0.25) is 0 Å². The molecule has 4 N–H and O–H groups in total. The highest BCUT2D eigenvalue weighted by Gasteiger charge is 2.57. The Kier molecular flexibility index (Phi) is 7.81. The molecule has 3 aliphatic rings. The van der Waals surface area contributed by atoms with Gasteiger partial charge in [0.25, 0.3) is 5.91 Å². The van der Waals surface area contributed by atoms with E-state index >= 15 is 0 Å². The molecule has 6 rings (SSSR count). The molecule has 12 heteroatoms. The minimum Gasteiger partial charge on any atom is -0.507 e. The van der Waals surface area contributed by atoms with Crippen molar-refractivity contribution >= 4 is 5.91 Å². The fraction of sp³-hybridized carbons (Fsp3) is 0.455. The standard InChI is InChI=1S/C33H38N4O8/c1-15-19(14-38)28(39)25-17(30(15)42-4)11-21-27-26-18(31(43-5)16(2)32(44-6)29(26)40)10-20(36(27)3)22(12-34)37(21)23(25)13-35-33(41)24-8-7-9-45-24/h7-9,20-23,27,38-40H,10-11,13-14H2,1-6H3,(H,35,41)/t20-,21-,22-,23-,27+/m0/s1. The number of aromatic hydroxyl groups is 2. The molecule has 12 nitrogen and oxygen atoms in total. The predicted octanol–water partition coefficient (Wildman–Crippen LogP) is 3.03. The lowest BCUT2D eigenvalue weighted by Gasteiger charge is -2.60. The summed E-state index contributed by atoms with van der Waals surface area (Å²) in [4.78, 5) is 17.3. The summed E-state index contributed by atoms with van der Waals surface area (Å²) in [6.45, 7) is 3.22. The fourth-order valence-corrected chi connectivity index (χ4v) is 8.12. The van der Waals surface area contributed by atoms with Gasteiger partial charge < -0.3 is 39.3 Å². The zero-order valence-electron chi connectivity index (χ0n) is 26.2. The van der Waals surface area contributed by atoms with Crippen LogP contribution in [0.25, 0.3) is 0 Å². The van der Waals surface area contributed by atoms with Crippen LogP contribution in [-0.4, -0.2) is 84.1 Å². The highest BCUT2D eigenvalue weighted by atomic mass is 16.5. The molecule has 0 radical (unpaired) electrons. The number of nitrogens with zero attached hydrogens (tertiary/aromatic N) is 3. The quantitative estimate of drug-likeness (QED) is 0.308. The third kappa shape index (κ3) is 4.33. The predicted molar refractivity (Wildman–Crippen MR) is 162 cm³/mol. The molecular formula is C33H38N4O8. The number of likely N-dealkylation sites (N-methyl/N-ethyl adjacent to an activating group) is 1. The van der Waals surface area contributed by atoms with E-state index in [2.05, 4.69) is 21.2 Å². The number of piperazine rings is 1. The van der Waals surface area contributed by atoms with Crippen LogP contribution >= 0.6 is 0 Å². The van der Waals surface area contributed by atoms with Gasteiger partial charge in [0.2, 0.25) is 0 Å². The molecule has 0 saturated carbocycles. The summed E-state index contributed by atoms with van der Waals surface area (Å²) in [6, 6.07) is 3.18. The van der Waals surface area contributed by atoms with E-state index in [1.54, 1.807) is 33.3 Å². The zero-order valence-corrected chi connectivity index (χ0v) is 26.2. The molecule has 0 unspecified atom stereocenters. The molecule has 3 aliphatic heterocycles. The van der Waals surface area contributed by atoms with Crippen molar-refractivity contribution in [2.75, 3.05) is 34.9 Å². The number of rotatable bonds is 7. The smallest absolute Gasteiger partial charge is 0.287 e. The highest BCUT2D eigenvalue weighted by Crippen LogP contribution is 2.58. The number of hydrogen-bond acceptors (Lipinski definition) is 11. The van der Waals surface area contributed by atoms with Crippen molar-refractivity contribution in [3.05, 3.63) is 63.1 Å². The van der Waals surface area contributed by atoms with E-state index in [4.69, 9.17) is 18.6 Å². The number of benzene rings is 2. The van der Waals surface area contributed by atoms with Crippen molar-refractivity contribution in [3.8, 4) is 34.8 Å². The Morgan fingerprint density at radius 2 is 1.67 bits per heavy atom. The Morgan fingerprint density at radius 1 is 1.02 bits per heavy atom. The van der Waals surface area contributed by atoms with Crippen molar-refractivity contribution in [3.63, 3.8) is 0 Å². The minimum atomic E-state index is -0.696. The van der Waals surface area contributed by atoms with Gasteiger partial charge in [-0.3, -0.25) is 14.6 Å². The monoisotopic (exact) mass is 618 g/mol. The number of carbonyl (C=O) groups is 1. The molecule has 5 atom stereocenters. The van der Waals surface area contributed by atoms with Crippen molar-refractivity contribution in [1.29, 1.82) is 5.26 Å². The first-order valence-corrected chi connectivity index (χ1v) is 14.8. The van der Waals surface area contributed by atoms with Gasteiger partial charge in [-0.15, -0.1) is 0 Å². The van der Waals surface area contributed by atoms with Gasteiger partial charge in [-0.1, -0.05) is 0 Å². The molecule has 1 fully saturated rings. The first-order valence-electron chi connectivity index (χ1n) is 14.8. The van der Waals surface area contributed by atoms with Crippen LogP contribution in [0.15, 0.2) is 22.8 Å². The molecular weight excluding hydrogens is 580 g/mol. The maximum atomic E-state index is 13.1. The number of furan rings is 1. The molecule has 3 aromatic rings. The summed E-state index contributed by atoms with van der Waals surface area (Å²) >= 11 is 0. The van der Waals surface area contributed by atoms with Crippen LogP contribution < -0.4 is 19.5 Å². The number of ether oxygens (including phenoxy) is 3. The number of phenols is 2. The maximum Gasteiger partial charge on any atom is 0.287 e. The van der Waals surface area contributed by atoms with Gasteiger partial charge >= 0.3 is 0 Å². The molecule has 1 saturated heterocycles. The van der Waals surface area contributed by atoms with Gasteiger partial charge in [-0.25, -0.2) is 0 Å². The lowest BCUT2D eigenvalue weighted by molar-refractivity contribution is -0.0724. The molecule has 0 aliphatic carbocycles. The number of nitrogens with one attached hydrogen (secondary N) is 1. The van der Waals surface area contributed by atoms with Gasteiger partial charge in [0.1, 0.15) is 23.3 Å². The SMILES string of the molecule is COc1c(C)c(OC)c2c(c1O)[C@H]1[C@@H]3Cc4c(OC)c(C)c(CO)c(O)c4[C@H](CNC(=O)c4ccco4)N3[C@@H](C#N)[C@H](C2)N1C. The Balaban J connectivity index is 1.60. The molecule has 2 aromatic carbocycles. The number of fused-ring (bicyclic) bond motifs is 7. The molecule has 1 amide bonds. The Labute approximate surface area is 261 Å². The number of hydrogen-bond donors (Lipinski definition) is 4. The summed E-state index contributed by atoms with van der Waals surface area (Å²) in [5.74, 6) is 1.07. The summed E-state index contributed by atoms with van der Waals surface area (Å²) in [5.41, 5.74) is 4.29. The summed E-state index contributed by atoms with van der Waals surface area (Å²) < 4.78 is 22.8. The van der Waals surface area contributed by atoms with E-state index in [-0.39, 0.29) is 29.8 Å². The average molecular weight is 619 g/mol. The van der Waals surface area contributed by atoms with Crippen LogP contribution in [0, 0.1) is 25.2 Å². The van der Waals surface area contributed by atoms with Gasteiger partial charge in [0, 0.05) is 57.6 Å². The van der Waals surface area contributed by atoms with Gasteiger partial charge in [-0.05, 0) is 45.9 Å². The minimum absolute atomic E-state index is 0.0200. The van der Waals surface area contributed by atoms with Crippen molar-refractivity contribution in [1.82, 2.24) is 15.1 Å². The first-order chi connectivity index (χ1) is 21.6. The number of amides is 1. The van der Waals surface area contributed by atoms with Gasteiger partial charge in [-0.2, -0.15) is 5.26 Å². The van der Waals surface area contributed by atoms with E-state index in [0.29, 0.717) is 63.5 Å². The van der Waals surface area contributed by atoms with Crippen LogP contribution in [-0.2, 0) is 19.4 Å². The van der Waals surface area contributed by atoms with Crippen LogP contribution in [0.1, 0.15) is 61.6 Å². The Hall–Kier alpha value is -4.44. The summed E-state index contributed by atoms with van der Waals surface area (Å²) in [6.07, 6.45) is 2.17. The van der Waals surface area contributed by atoms with E-state index < -0.39 is 36.7 Å². The van der Waals surface area contributed by atoms with E-state index in [1.165, 1.54) is 13.4 Å². The van der Waals surface area contributed by atoms with E-state index in [9.17, 15) is 25.4 Å². The van der Waals surface area contributed by atoms with Crippen molar-refractivity contribution in [2.45, 2.75) is 63.5 Å². The Morgan fingerprint density at radius 3 is 2.27 bits per heavy atom. The molecule has 1 aromatic heterocycles. The van der Waals surface area contributed by atoms with Crippen LogP contribution in [0.4, 0.5) is 0 Å². The van der Waals surface area contributed by atoms with E-state index in [0.717, 1.165) is 5.56 Å². The third-order valence-corrected chi connectivity index (χ3v) is 10.00. The molecule has 45 heavy (non-hydrogen) atoms. The topological polar surface area (TPSA) is 161 Å². The van der Waals surface area contributed by atoms with E-state index in [1.807, 2.05) is 14.0 Å². The zero-order chi connectivity index (χ0) is 32.3.